The van der Waals surface area contributed by atoms with E-state index in [1.165, 1.54) is 17.1 Å². The Morgan fingerprint density at radius 2 is 1.29 bits per heavy atom. The van der Waals surface area contributed by atoms with Gasteiger partial charge in [0, 0.05) is 42.6 Å². The number of anilines is 1. The first kappa shape index (κ1) is 54.0. The zero-order chi connectivity index (χ0) is 53.1. The smallest absolute Gasteiger partial charge is 0.688 e. The molecule has 77 heavy (non-hydrogen) atoms. The van der Waals surface area contributed by atoms with Gasteiger partial charge < -0.3 is 33.5 Å². The maximum absolute atomic E-state index is 15.7. The minimum atomic E-state index is -4.05. The number of nitrogens with one attached hydrogen (secondary N) is 1. The molecule has 0 aliphatic carbocycles. The molecule has 1 unspecified atom stereocenters. The summed E-state index contributed by atoms with van der Waals surface area (Å²) >= 11 is 0. The van der Waals surface area contributed by atoms with Crippen molar-refractivity contribution in [2.75, 3.05) is 18.4 Å². The van der Waals surface area contributed by atoms with Gasteiger partial charge in [0.25, 0.3) is 0 Å². The van der Waals surface area contributed by atoms with Crippen LogP contribution in [0.15, 0.2) is 146 Å². The molecule has 10 heterocycles. The summed E-state index contributed by atoms with van der Waals surface area (Å²) in [7, 11) is 0. The quantitative estimate of drug-likeness (QED) is 0.0865. The van der Waals surface area contributed by atoms with Gasteiger partial charge >= 0.3 is 26.4 Å². The molecule has 12 nitrogen and oxygen atoms in total. The first-order chi connectivity index (χ1) is 36.8. The summed E-state index contributed by atoms with van der Waals surface area (Å²) < 4.78 is 97.1. The molecule has 2 saturated heterocycles. The molecule has 2 aromatic carbocycles. The fraction of sp³-hybridized carbons (Fsp3) is 0.211. The standard InChI is InChI=1S/C37H35BF6N8.2C10H8N2.Ru/c1-19-21(3)37(22(4)20(2)28(19)30-26-11-7-15-50(26)38(43,44)51-16-8-12-27(30)51)52-18-23(48-49-52)17-47-36-34(41)32(39)31(33(40)35(36)42)29(24-9-5-13-45-24)25-10-6-14-46-25;2*1-3-7-11-9(5-1)10-6-2-4-8-12-10;/h7-8,11-12,15-16,18,24,47H,5-6,9-10,13-14,17H2,1-4H3;2*1-8H;/q-2;;;+2/b29-25+;;;. The number of rotatable bonds is 9. The van der Waals surface area contributed by atoms with Crippen LogP contribution < -0.4 is 5.32 Å². The molecule has 4 aliphatic heterocycles. The van der Waals surface area contributed by atoms with Gasteiger partial charge in [-0.3, -0.25) is 19.9 Å². The molecule has 0 amide bonds. The number of nitrogens with zero attached hydrogens (tertiary/aromatic N) is 11. The van der Waals surface area contributed by atoms with Crippen LogP contribution in [-0.2, 0) is 26.0 Å². The van der Waals surface area contributed by atoms with E-state index in [0.29, 0.717) is 67.1 Å². The predicted octanol–water partition coefficient (Wildman–Crippen LogP) is 12.8. The van der Waals surface area contributed by atoms with Crippen LogP contribution in [0.3, 0.4) is 0 Å². The molecule has 8 aromatic rings. The second-order valence-corrected chi connectivity index (χ2v) is 18.6. The molecule has 392 valence electrons. The van der Waals surface area contributed by atoms with Crippen molar-refractivity contribution in [3.63, 3.8) is 0 Å². The Balaban J connectivity index is 0.000000235. The van der Waals surface area contributed by atoms with E-state index in [9.17, 15) is 0 Å². The van der Waals surface area contributed by atoms with Crippen molar-refractivity contribution < 1.29 is 50.2 Å². The number of hydrogen-bond donors (Lipinski definition) is 1. The number of halogens is 6. The summed E-state index contributed by atoms with van der Waals surface area (Å²) in [4.78, 5) is 16.7. The largest absolute Gasteiger partial charge is 2.00 e. The second kappa shape index (κ2) is 23.2. The van der Waals surface area contributed by atoms with Crippen LogP contribution in [-0.4, -0.2) is 76.2 Å². The van der Waals surface area contributed by atoms with Crippen LogP contribution in [0.4, 0.5) is 31.9 Å². The van der Waals surface area contributed by atoms with Crippen LogP contribution in [0.25, 0.3) is 50.2 Å². The van der Waals surface area contributed by atoms with E-state index >= 15 is 26.2 Å². The van der Waals surface area contributed by atoms with Crippen molar-refractivity contribution in [1.29, 1.82) is 0 Å². The Kier molecular flexibility index (Phi) is 16.3. The molecule has 0 radical (unpaired) electrons. The Labute approximate surface area is 454 Å². The average molecular weight is 1130 g/mol. The fourth-order valence-corrected chi connectivity index (χ4v) is 10.2. The molecule has 12 rings (SSSR count). The second-order valence-electron chi connectivity index (χ2n) is 18.6. The monoisotopic (exact) mass is 1130 g/mol. The summed E-state index contributed by atoms with van der Waals surface area (Å²) in [6, 6.07) is 25.9. The van der Waals surface area contributed by atoms with E-state index in [1.54, 1.807) is 55.3 Å². The van der Waals surface area contributed by atoms with Crippen LogP contribution in [0.5, 0.6) is 0 Å². The molecule has 4 aliphatic rings. The summed E-state index contributed by atoms with van der Waals surface area (Å²) in [5.41, 5.74) is 9.17. The van der Waals surface area contributed by atoms with E-state index in [0.717, 1.165) is 59.6 Å². The van der Waals surface area contributed by atoms with Crippen LogP contribution in [0, 0.1) is 51.0 Å². The molecule has 1 atom stereocenters. The predicted molar refractivity (Wildman–Crippen MR) is 284 cm³/mol. The van der Waals surface area contributed by atoms with Gasteiger partial charge in [-0.25, -0.2) is 22.2 Å². The van der Waals surface area contributed by atoms with E-state index < -0.39 is 47.5 Å². The minimum absolute atomic E-state index is 0. The van der Waals surface area contributed by atoms with Gasteiger partial charge in [0.2, 0.25) is 0 Å². The van der Waals surface area contributed by atoms with Crippen molar-refractivity contribution in [2.45, 2.75) is 66.0 Å². The topological polar surface area (TPSA) is 130 Å². The van der Waals surface area contributed by atoms with Gasteiger partial charge in [-0.15, -0.1) is 24.2 Å². The third kappa shape index (κ3) is 10.6. The fourth-order valence-electron chi connectivity index (χ4n) is 10.2. The molecule has 1 N–H and O–H groups in total. The number of hydrogen-bond acceptors (Lipinski definition) is 7. The van der Waals surface area contributed by atoms with Gasteiger partial charge in [0.1, 0.15) is 17.6 Å². The number of pyridine rings is 4. The van der Waals surface area contributed by atoms with Gasteiger partial charge in [-0.2, -0.15) is 5.70 Å². The van der Waals surface area contributed by atoms with Crippen LogP contribution >= 0.6 is 0 Å². The molecule has 6 aromatic heterocycles. The first-order valence-corrected chi connectivity index (χ1v) is 24.9. The molecule has 0 saturated carbocycles. The third-order valence-corrected chi connectivity index (χ3v) is 14.0. The van der Waals surface area contributed by atoms with Crippen molar-refractivity contribution in [2.24, 2.45) is 0 Å². The zero-order valence-electron chi connectivity index (χ0n) is 42.4. The molecule has 2 fully saturated rings. The summed E-state index contributed by atoms with van der Waals surface area (Å²) in [5, 5.41) is 19.8. The van der Waals surface area contributed by atoms with Gasteiger partial charge in [0.05, 0.1) is 52.3 Å². The number of fused-ring (bicyclic) bond motifs is 2. The molecular formula is C57H51BF6N12Ru. The summed E-state index contributed by atoms with van der Waals surface area (Å²) in [5.74, 6) is -6.07. The van der Waals surface area contributed by atoms with Gasteiger partial charge in [-0.1, -0.05) is 60.7 Å². The SMILES string of the molecule is Cc1c(C)c(-n2cc(CNc3c(F)c(F)c(/C(=C4\CCC[N-]4)C4CCC[N-]4)c(F)c3F)nn2)c(C)c(C)c1C1=C2C=CC=[N+]2[B-](F)(F)n2cccc21.[Ru+2].c1ccc(-c2ccccn2)nc1.c1ccc(-c2ccccn2)nc1. The van der Waals surface area contributed by atoms with Gasteiger partial charge in [0.15, 0.2) is 29.0 Å². The molecule has 0 spiro atoms. The normalized spacial score (nSPS) is 16.5. The summed E-state index contributed by atoms with van der Waals surface area (Å²) in [6.45, 7) is 4.29. The minimum Gasteiger partial charge on any atom is -0.688 e. The van der Waals surface area contributed by atoms with Crippen molar-refractivity contribution in [1.82, 2.24) is 39.4 Å². The van der Waals surface area contributed by atoms with E-state index in [-0.39, 0.29) is 37.3 Å². The maximum Gasteiger partial charge on any atom is 2.00 e. The molecule has 0 bridgehead atoms. The molecular weight excluding hydrogens is 1080 g/mol. The van der Waals surface area contributed by atoms with Crippen LogP contribution in [0.2, 0.25) is 0 Å². The third-order valence-electron chi connectivity index (χ3n) is 14.0. The zero-order valence-corrected chi connectivity index (χ0v) is 44.2. The summed E-state index contributed by atoms with van der Waals surface area (Å²) in [6.07, 6.45) is 17.1. The first-order valence-electron chi connectivity index (χ1n) is 24.9. The Morgan fingerprint density at radius 1 is 0.714 bits per heavy atom. The number of allylic oxidation sites excluding steroid dienone is 3. The van der Waals surface area contributed by atoms with Crippen molar-refractivity contribution in [3.05, 3.63) is 224 Å². The van der Waals surface area contributed by atoms with Crippen LogP contribution in [0.1, 0.15) is 70.5 Å². The van der Waals surface area contributed by atoms with Crippen molar-refractivity contribution >= 4 is 30.0 Å². The maximum atomic E-state index is 15.7. The van der Waals surface area contributed by atoms with Gasteiger partial charge in [-0.05, 0) is 122 Å². The Morgan fingerprint density at radius 3 is 1.78 bits per heavy atom. The van der Waals surface area contributed by atoms with E-state index in [4.69, 9.17) is 0 Å². The van der Waals surface area contributed by atoms with E-state index in [1.807, 2.05) is 100 Å². The number of benzene rings is 2. The Bertz CT molecular complexity index is 3350. The Hall–Kier alpha value is -7.82. The number of aromatic nitrogens is 8. The molecule has 20 heteroatoms. The van der Waals surface area contributed by atoms with E-state index in [2.05, 4.69) is 46.2 Å². The average Bonchev–Trinajstić information content (AvgIpc) is 4.34. The van der Waals surface area contributed by atoms with Crippen molar-refractivity contribution in [3.8, 4) is 28.5 Å².